The van der Waals surface area contributed by atoms with Gasteiger partial charge in [0.25, 0.3) is 5.56 Å². The number of halogens is 3. The number of aryl methyl sites for hydroxylation is 3. The van der Waals surface area contributed by atoms with Crippen LogP contribution in [0.15, 0.2) is 39.6 Å². The molecule has 2 heterocycles. The summed E-state index contributed by atoms with van der Waals surface area (Å²) in [6.45, 7) is 4.69. The Hall–Kier alpha value is -3.36. The van der Waals surface area contributed by atoms with Gasteiger partial charge in [-0.1, -0.05) is 11.2 Å². The van der Waals surface area contributed by atoms with E-state index in [1.54, 1.807) is 13.8 Å². The monoisotopic (exact) mass is 392 g/mol. The zero-order chi connectivity index (χ0) is 20.8. The topological polar surface area (TPSA) is 85.3 Å². The number of pyridine rings is 1. The fourth-order valence-corrected chi connectivity index (χ4v) is 3.15. The van der Waals surface area contributed by atoms with Crippen LogP contribution in [-0.2, 0) is 6.18 Å². The maximum absolute atomic E-state index is 13.0. The van der Waals surface area contributed by atoms with E-state index in [9.17, 15) is 27.9 Å². The van der Waals surface area contributed by atoms with Gasteiger partial charge < -0.3 is 9.63 Å². The van der Waals surface area contributed by atoms with E-state index < -0.39 is 28.8 Å². The predicted molar refractivity (Wildman–Crippen MR) is 93.7 cm³/mol. The van der Waals surface area contributed by atoms with Gasteiger partial charge in [0.2, 0.25) is 0 Å². The number of hydrogen-bond acceptors (Lipinski definition) is 4. The molecule has 0 amide bonds. The minimum Gasteiger partial charge on any atom is -0.477 e. The van der Waals surface area contributed by atoms with Gasteiger partial charge in [-0.15, -0.1) is 0 Å². The molecule has 1 N–H and O–H groups in total. The average molecular weight is 392 g/mol. The van der Waals surface area contributed by atoms with Crippen molar-refractivity contribution in [2.75, 3.05) is 0 Å². The number of aromatic carboxylic acids is 1. The van der Waals surface area contributed by atoms with E-state index in [0.29, 0.717) is 17.0 Å². The summed E-state index contributed by atoms with van der Waals surface area (Å²) in [6.07, 6.45) is -4.60. The molecule has 6 nitrogen and oxygen atoms in total. The zero-order valence-corrected chi connectivity index (χ0v) is 15.1. The first-order chi connectivity index (χ1) is 13.0. The highest BCUT2D eigenvalue weighted by atomic mass is 19.4. The SMILES string of the molecule is Cc1noc(C)c1-c1cc(C)n(-c2cccc(C(F)(F)F)c2)c(=O)c1C(=O)O. The van der Waals surface area contributed by atoms with E-state index in [-0.39, 0.29) is 16.9 Å². The average Bonchev–Trinajstić information content (AvgIpc) is 2.92. The number of carboxylic acids is 1. The lowest BCUT2D eigenvalue weighted by Crippen LogP contribution is -2.28. The number of rotatable bonds is 3. The van der Waals surface area contributed by atoms with E-state index in [4.69, 9.17) is 4.52 Å². The van der Waals surface area contributed by atoms with Gasteiger partial charge in [0.15, 0.2) is 0 Å². The number of hydrogen-bond donors (Lipinski definition) is 1. The maximum Gasteiger partial charge on any atom is 0.416 e. The summed E-state index contributed by atoms with van der Waals surface area (Å²) in [5.74, 6) is -1.17. The van der Waals surface area contributed by atoms with Crippen molar-refractivity contribution in [2.45, 2.75) is 26.9 Å². The lowest BCUT2D eigenvalue weighted by atomic mass is 9.98. The fraction of sp³-hybridized carbons (Fsp3) is 0.211. The van der Waals surface area contributed by atoms with Gasteiger partial charge in [-0.2, -0.15) is 13.2 Å². The first-order valence-electron chi connectivity index (χ1n) is 8.13. The van der Waals surface area contributed by atoms with Gasteiger partial charge in [-0.25, -0.2) is 4.79 Å². The number of nitrogens with zero attached hydrogens (tertiary/aromatic N) is 2. The molecule has 0 saturated carbocycles. The van der Waals surface area contributed by atoms with Crippen LogP contribution >= 0.6 is 0 Å². The second-order valence-electron chi connectivity index (χ2n) is 6.27. The van der Waals surface area contributed by atoms with Gasteiger partial charge in [-0.3, -0.25) is 9.36 Å². The normalized spacial score (nSPS) is 11.6. The summed E-state index contributed by atoms with van der Waals surface area (Å²) < 4.78 is 45.1. The number of carbonyl (C=O) groups is 1. The number of benzene rings is 1. The third kappa shape index (κ3) is 3.19. The van der Waals surface area contributed by atoms with E-state index in [0.717, 1.165) is 22.8 Å². The summed E-state index contributed by atoms with van der Waals surface area (Å²) >= 11 is 0. The van der Waals surface area contributed by atoms with Gasteiger partial charge in [0.05, 0.1) is 11.3 Å². The first-order valence-corrected chi connectivity index (χ1v) is 8.13. The van der Waals surface area contributed by atoms with Gasteiger partial charge >= 0.3 is 12.1 Å². The molecule has 0 aliphatic heterocycles. The lowest BCUT2D eigenvalue weighted by molar-refractivity contribution is -0.137. The van der Waals surface area contributed by atoms with Crippen molar-refractivity contribution in [3.8, 4) is 16.8 Å². The van der Waals surface area contributed by atoms with E-state index in [1.165, 1.54) is 19.1 Å². The molecule has 1 aromatic carbocycles. The molecule has 3 rings (SSSR count). The molecule has 0 aliphatic rings. The molecule has 2 aromatic heterocycles. The predicted octanol–water partition coefficient (Wildman–Crippen LogP) is 4.13. The minimum absolute atomic E-state index is 0.0786. The Morgan fingerprint density at radius 2 is 1.86 bits per heavy atom. The number of aromatic nitrogens is 2. The summed E-state index contributed by atoms with van der Waals surface area (Å²) in [5.41, 5.74) is -1.39. The van der Waals surface area contributed by atoms with Gasteiger partial charge in [-0.05, 0) is 45.0 Å². The van der Waals surface area contributed by atoms with Crippen molar-refractivity contribution >= 4 is 5.97 Å². The van der Waals surface area contributed by atoms with Crippen molar-refractivity contribution in [3.05, 3.63) is 69.0 Å². The van der Waals surface area contributed by atoms with Crippen molar-refractivity contribution in [1.29, 1.82) is 0 Å². The Morgan fingerprint density at radius 1 is 1.18 bits per heavy atom. The summed E-state index contributed by atoms with van der Waals surface area (Å²) in [7, 11) is 0. The number of alkyl halides is 3. The molecular formula is C19H15F3N2O4. The molecule has 0 atom stereocenters. The van der Waals surface area contributed by atoms with Gasteiger partial charge in [0, 0.05) is 22.5 Å². The molecule has 0 saturated heterocycles. The molecule has 0 aliphatic carbocycles. The van der Waals surface area contributed by atoms with Gasteiger partial charge in [0.1, 0.15) is 11.3 Å². The van der Waals surface area contributed by atoms with Crippen LogP contribution < -0.4 is 5.56 Å². The van der Waals surface area contributed by atoms with E-state index in [2.05, 4.69) is 5.16 Å². The Balaban J connectivity index is 2.34. The third-order valence-electron chi connectivity index (χ3n) is 4.34. The fourth-order valence-electron chi connectivity index (χ4n) is 3.15. The molecule has 0 unspecified atom stereocenters. The summed E-state index contributed by atoms with van der Waals surface area (Å²) in [4.78, 5) is 24.8. The van der Waals surface area contributed by atoms with Crippen molar-refractivity contribution in [3.63, 3.8) is 0 Å². The molecule has 3 aromatic rings. The molecule has 0 radical (unpaired) electrons. The van der Waals surface area contributed by atoms with E-state index in [1.807, 2.05) is 0 Å². The highest BCUT2D eigenvalue weighted by molar-refractivity contribution is 5.96. The van der Waals surface area contributed by atoms with Crippen LogP contribution in [0.25, 0.3) is 16.8 Å². The smallest absolute Gasteiger partial charge is 0.416 e. The largest absolute Gasteiger partial charge is 0.477 e. The molecule has 28 heavy (non-hydrogen) atoms. The Kier molecular flexibility index (Phi) is 4.62. The highest BCUT2D eigenvalue weighted by Crippen LogP contribution is 2.32. The lowest BCUT2D eigenvalue weighted by Gasteiger charge is -2.16. The second-order valence-corrected chi connectivity index (χ2v) is 6.27. The standard InChI is InChI=1S/C19H15F3N2O4/c1-9-7-14(15-10(2)23-28-11(15)3)16(18(26)27)17(25)24(9)13-6-4-5-12(8-13)19(20,21)22/h4-8H,1-3H3,(H,26,27). The van der Waals surface area contributed by atoms with Crippen LogP contribution in [0.1, 0.15) is 33.1 Å². The van der Waals surface area contributed by atoms with Crippen LogP contribution in [0.5, 0.6) is 0 Å². The third-order valence-corrected chi connectivity index (χ3v) is 4.34. The van der Waals surface area contributed by atoms with Crippen LogP contribution in [0.3, 0.4) is 0 Å². The van der Waals surface area contributed by atoms with Crippen molar-refractivity contribution < 1.29 is 27.6 Å². The van der Waals surface area contributed by atoms with Crippen LogP contribution in [0.2, 0.25) is 0 Å². The molecule has 0 fully saturated rings. The molecule has 0 spiro atoms. The van der Waals surface area contributed by atoms with Crippen molar-refractivity contribution in [2.24, 2.45) is 0 Å². The Bertz CT molecular complexity index is 1120. The summed E-state index contributed by atoms with van der Waals surface area (Å²) in [6, 6.07) is 5.57. The Labute approximate surface area is 156 Å². The number of carboxylic acid groups (broad SMARTS) is 1. The zero-order valence-electron chi connectivity index (χ0n) is 15.1. The molecule has 146 valence electrons. The van der Waals surface area contributed by atoms with E-state index >= 15 is 0 Å². The van der Waals surface area contributed by atoms with Crippen LogP contribution in [0, 0.1) is 20.8 Å². The molecular weight excluding hydrogens is 377 g/mol. The maximum atomic E-state index is 13.0. The highest BCUT2D eigenvalue weighted by Gasteiger charge is 2.31. The molecule has 0 bridgehead atoms. The van der Waals surface area contributed by atoms with Crippen LogP contribution in [-0.4, -0.2) is 20.8 Å². The molecule has 9 heteroatoms. The summed E-state index contributed by atoms with van der Waals surface area (Å²) in [5, 5.41) is 13.4. The Morgan fingerprint density at radius 3 is 2.39 bits per heavy atom. The quantitative estimate of drug-likeness (QED) is 0.724. The second kappa shape index (κ2) is 6.66. The minimum atomic E-state index is -4.60. The van der Waals surface area contributed by atoms with Crippen LogP contribution in [0.4, 0.5) is 13.2 Å². The first kappa shape index (κ1) is 19.4. The van der Waals surface area contributed by atoms with Crippen molar-refractivity contribution in [1.82, 2.24) is 9.72 Å².